The number of carbonyl (C=O) groups is 1. The summed E-state index contributed by atoms with van der Waals surface area (Å²) in [7, 11) is 1.17. The number of rotatable bonds is 3. The highest BCUT2D eigenvalue weighted by Crippen LogP contribution is 2.19. The zero-order valence-corrected chi connectivity index (χ0v) is 7.98. The summed E-state index contributed by atoms with van der Waals surface area (Å²) in [6.07, 6.45) is -5.16. The Balaban J connectivity index is 2.92. The van der Waals surface area contributed by atoms with Crippen LogP contribution >= 0.6 is 0 Å². The number of halogens is 3. The van der Waals surface area contributed by atoms with Crippen molar-refractivity contribution in [2.45, 2.75) is 12.6 Å². The quantitative estimate of drug-likeness (QED) is 0.580. The van der Waals surface area contributed by atoms with Crippen molar-refractivity contribution in [3.05, 3.63) is 22.1 Å². The number of carbonyl (C=O) groups excluding carboxylic acids is 1. The van der Waals surface area contributed by atoms with Crippen molar-refractivity contribution in [3.8, 4) is 0 Å². The van der Waals surface area contributed by atoms with Crippen molar-refractivity contribution >= 4 is 11.6 Å². The van der Waals surface area contributed by atoms with E-state index in [2.05, 4.69) is 4.98 Å². The minimum Gasteiger partial charge on any atom is -0.358 e. The van der Waals surface area contributed by atoms with Gasteiger partial charge < -0.3 is 10.1 Å². The van der Waals surface area contributed by atoms with Gasteiger partial charge in [0.1, 0.15) is 6.20 Å². The van der Waals surface area contributed by atoms with E-state index in [0.29, 0.717) is 0 Å². The second kappa shape index (κ2) is 3.91. The highest BCUT2D eigenvalue weighted by atomic mass is 19.4. The smallest absolute Gasteiger partial charge is 0.358 e. The maximum atomic E-state index is 11.9. The topological polar surface area (TPSA) is 78.0 Å². The first kappa shape index (κ1) is 12.1. The van der Waals surface area contributed by atoms with Crippen molar-refractivity contribution in [3.63, 3.8) is 0 Å². The second-order valence-corrected chi connectivity index (χ2v) is 2.95. The molecule has 0 aromatic carbocycles. The molecular formula is C7H6F3N3O3. The molecule has 0 atom stereocenters. The molecule has 0 aliphatic heterocycles. The van der Waals surface area contributed by atoms with Crippen LogP contribution in [0.3, 0.4) is 0 Å². The standard InChI is InChI=1S/C7H6F3N3O3/c1-12-5(2-4(14)7(8,9)10)11-3-6(12)13(15)16/h3H,2H2,1H3. The first-order valence-corrected chi connectivity index (χ1v) is 3.98. The maximum absolute atomic E-state index is 11.9. The van der Waals surface area contributed by atoms with Crippen LogP contribution in [0, 0.1) is 10.1 Å². The summed E-state index contributed by atoms with van der Waals surface area (Å²) in [5.74, 6) is -2.75. The first-order chi connectivity index (χ1) is 7.23. The predicted octanol–water partition coefficient (Wildman–Crippen LogP) is 1.00. The second-order valence-electron chi connectivity index (χ2n) is 2.95. The number of nitro groups is 1. The van der Waals surface area contributed by atoms with E-state index in [-0.39, 0.29) is 5.82 Å². The molecule has 88 valence electrons. The molecule has 9 heteroatoms. The van der Waals surface area contributed by atoms with Gasteiger partial charge in [-0.2, -0.15) is 13.2 Å². The number of aromatic nitrogens is 2. The third-order valence-electron chi connectivity index (χ3n) is 1.88. The summed E-state index contributed by atoms with van der Waals surface area (Å²) in [5, 5.41) is 10.4. The van der Waals surface area contributed by atoms with E-state index >= 15 is 0 Å². The molecule has 0 aliphatic rings. The van der Waals surface area contributed by atoms with Crippen molar-refractivity contribution in [1.82, 2.24) is 9.55 Å². The third-order valence-corrected chi connectivity index (χ3v) is 1.88. The summed E-state index contributed by atoms with van der Waals surface area (Å²) in [4.78, 5) is 23.6. The van der Waals surface area contributed by atoms with Crippen LogP contribution in [0.2, 0.25) is 0 Å². The van der Waals surface area contributed by atoms with Gasteiger partial charge in [0.15, 0.2) is 0 Å². The van der Waals surface area contributed by atoms with Gasteiger partial charge in [-0.15, -0.1) is 0 Å². The van der Waals surface area contributed by atoms with Gasteiger partial charge in [0.25, 0.3) is 0 Å². The van der Waals surface area contributed by atoms with Gasteiger partial charge in [-0.3, -0.25) is 4.79 Å². The van der Waals surface area contributed by atoms with Gasteiger partial charge in [-0.25, -0.2) is 9.55 Å². The van der Waals surface area contributed by atoms with E-state index in [0.717, 1.165) is 10.8 Å². The van der Waals surface area contributed by atoms with Crippen LogP contribution in [0.15, 0.2) is 6.20 Å². The molecule has 0 saturated heterocycles. The third kappa shape index (κ3) is 2.35. The zero-order chi connectivity index (χ0) is 12.5. The van der Waals surface area contributed by atoms with Crippen molar-refractivity contribution in [1.29, 1.82) is 0 Å². The zero-order valence-electron chi connectivity index (χ0n) is 7.98. The van der Waals surface area contributed by atoms with Crippen LogP contribution in [0.5, 0.6) is 0 Å². The normalized spacial score (nSPS) is 11.5. The van der Waals surface area contributed by atoms with Gasteiger partial charge in [0.05, 0.1) is 13.5 Å². The molecule has 1 heterocycles. The Bertz CT molecular complexity index is 438. The Morgan fingerprint density at radius 3 is 2.56 bits per heavy atom. The number of alkyl halides is 3. The lowest BCUT2D eigenvalue weighted by atomic mass is 10.2. The predicted molar refractivity (Wildman–Crippen MR) is 44.6 cm³/mol. The lowest BCUT2D eigenvalue weighted by Gasteiger charge is -2.02. The summed E-state index contributed by atoms with van der Waals surface area (Å²) >= 11 is 0. The lowest BCUT2D eigenvalue weighted by molar-refractivity contribution is -0.391. The molecule has 0 amide bonds. The number of nitrogens with zero attached hydrogens (tertiary/aromatic N) is 3. The fraction of sp³-hybridized carbons (Fsp3) is 0.429. The van der Waals surface area contributed by atoms with E-state index < -0.39 is 29.1 Å². The number of Topliss-reactive ketones (excluding diaryl/α,β-unsaturated/α-hetero) is 1. The minimum atomic E-state index is -4.96. The highest BCUT2D eigenvalue weighted by molar-refractivity contribution is 5.85. The molecule has 16 heavy (non-hydrogen) atoms. The van der Waals surface area contributed by atoms with Crippen molar-refractivity contribution in [2.75, 3.05) is 0 Å². The number of ketones is 1. The van der Waals surface area contributed by atoms with E-state index in [4.69, 9.17) is 0 Å². The molecule has 0 radical (unpaired) electrons. The molecule has 6 nitrogen and oxygen atoms in total. The summed E-state index contributed by atoms with van der Waals surface area (Å²) in [6.45, 7) is 0. The van der Waals surface area contributed by atoms with Gasteiger partial charge in [0, 0.05) is 0 Å². The number of hydrogen-bond donors (Lipinski definition) is 0. The Morgan fingerprint density at radius 2 is 2.19 bits per heavy atom. The van der Waals surface area contributed by atoms with E-state index in [1.54, 1.807) is 0 Å². The van der Waals surface area contributed by atoms with Gasteiger partial charge in [0.2, 0.25) is 11.6 Å². The Hall–Kier alpha value is -1.93. The molecule has 1 aromatic heterocycles. The van der Waals surface area contributed by atoms with Crippen LogP contribution < -0.4 is 0 Å². The molecule has 0 unspecified atom stereocenters. The monoisotopic (exact) mass is 237 g/mol. The van der Waals surface area contributed by atoms with Crippen LogP contribution in [-0.2, 0) is 18.3 Å². The van der Waals surface area contributed by atoms with E-state index in [1.807, 2.05) is 0 Å². The largest absolute Gasteiger partial charge is 0.450 e. The molecule has 1 aromatic rings. The van der Waals surface area contributed by atoms with Gasteiger partial charge >= 0.3 is 12.0 Å². The van der Waals surface area contributed by atoms with E-state index in [9.17, 15) is 28.1 Å². The van der Waals surface area contributed by atoms with Crippen LogP contribution in [0.4, 0.5) is 19.0 Å². The average molecular weight is 237 g/mol. The van der Waals surface area contributed by atoms with Gasteiger partial charge in [-0.05, 0) is 4.92 Å². The van der Waals surface area contributed by atoms with Crippen LogP contribution in [0.1, 0.15) is 5.82 Å². The first-order valence-electron chi connectivity index (χ1n) is 3.98. The summed E-state index contributed by atoms with van der Waals surface area (Å²) in [6, 6.07) is 0. The minimum absolute atomic E-state index is 0.297. The summed E-state index contributed by atoms with van der Waals surface area (Å²) < 4.78 is 36.6. The van der Waals surface area contributed by atoms with Crippen LogP contribution in [0.25, 0.3) is 0 Å². The van der Waals surface area contributed by atoms with Crippen molar-refractivity contribution in [2.24, 2.45) is 7.05 Å². The molecule has 1 rings (SSSR count). The lowest BCUT2D eigenvalue weighted by Crippen LogP contribution is -2.25. The van der Waals surface area contributed by atoms with Crippen LogP contribution in [-0.4, -0.2) is 26.4 Å². The Morgan fingerprint density at radius 1 is 1.62 bits per heavy atom. The Kier molecular flexibility index (Phi) is 2.97. The Labute approximate surface area is 86.8 Å². The molecule has 0 N–H and O–H groups in total. The molecule has 0 aliphatic carbocycles. The fourth-order valence-corrected chi connectivity index (χ4v) is 1.02. The fourth-order valence-electron chi connectivity index (χ4n) is 1.02. The number of hydrogen-bond acceptors (Lipinski definition) is 4. The molecule has 0 spiro atoms. The SMILES string of the molecule is Cn1c([N+](=O)[O-])cnc1CC(=O)C(F)(F)F. The molecule has 0 saturated carbocycles. The van der Waals surface area contributed by atoms with E-state index in [1.165, 1.54) is 7.05 Å². The van der Waals surface area contributed by atoms with Gasteiger partial charge in [-0.1, -0.05) is 0 Å². The van der Waals surface area contributed by atoms with Crippen molar-refractivity contribution < 1.29 is 22.9 Å². The number of imidazole rings is 1. The maximum Gasteiger partial charge on any atom is 0.450 e. The molecule has 0 fully saturated rings. The molecular weight excluding hydrogens is 231 g/mol. The highest BCUT2D eigenvalue weighted by Gasteiger charge is 2.39. The molecule has 0 bridgehead atoms. The average Bonchev–Trinajstić information content (AvgIpc) is 2.46. The summed E-state index contributed by atoms with van der Waals surface area (Å²) in [5.41, 5.74) is 0.